The summed E-state index contributed by atoms with van der Waals surface area (Å²) >= 11 is 1.33. The number of aromatic nitrogens is 1. The highest BCUT2D eigenvalue weighted by Gasteiger charge is 2.31. The molecule has 0 atom stereocenters. The molecule has 2 heterocycles. The Hall–Kier alpha value is -2.08. The fourth-order valence-corrected chi connectivity index (χ4v) is 4.90. The molecule has 1 saturated heterocycles. The summed E-state index contributed by atoms with van der Waals surface area (Å²) in [4.78, 5) is 18.5. The minimum absolute atomic E-state index is 0.0416. The van der Waals surface area contributed by atoms with Crippen molar-refractivity contribution in [2.24, 2.45) is 0 Å². The highest BCUT2D eigenvalue weighted by molar-refractivity contribution is 7.89. The highest BCUT2D eigenvalue weighted by atomic mass is 32.2. The summed E-state index contributed by atoms with van der Waals surface area (Å²) in [5.41, 5.74) is 0.333. The van der Waals surface area contributed by atoms with Crippen molar-refractivity contribution in [1.29, 1.82) is 0 Å². The Labute approximate surface area is 167 Å². The van der Waals surface area contributed by atoms with Crippen LogP contribution in [0, 0.1) is 5.82 Å². The number of anilines is 1. The molecule has 0 aliphatic carbocycles. The monoisotopic (exact) mass is 428 g/mol. The summed E-state index contributed by atoms with van der Waals surface area (Å²) in [6, 6.07) is 4.73. The molecular formula is C17H21FN4O4S2. The van der Waals surface area contributed by atoms with Crippen LogP contribution in [0.5, 0.6) is 0 Å². The number of sulfonamides is 1. The molecular weight excluding hydrogens is 407 g/mol. The SMILES string of the molecule is COCCNc1nc(C(=O)N2CCN(S(=O)(=O)c3ccc(F)cc3)CC2)cs1. The second-order valence-corrected chi connectivity index (χ2v) is 8.90. The molecule has 0 radical (unpaired) electrons. The lowest BCUT2D eigenvalue weighted by atomic mass is 10.3. The number of thiazole rings is 1. The van der Waals surface area contributed by atoms with Gasteiger partial charge in [-0.25, -0.2) is 17.8 Å². The Kier molecular flexibility index (Phi) is 6.60. The van der Waals surface area contributed by atoms with Gasteiger partial charge in [0.2, 0.25) is 10.0 Å². The van der Waals surface area contributed by atoms with Gasteiger partial charge in [0.25, 0.3) is 5.91 Å². The van der Waals surface area contributed by atoms with Gasteiger partial charge in [-0.1, -0.05) is 0 Å². The maximum Gasteiger partial charge on any atom is 0.273 e. The van der Waals surface area contributed by atoms with Crippen LogP contribution in [-0.4, -0.2) is 75.0 Å². The first-order valence-electron chi connectivity index (χ1n) is 8.65. The molecule has 8 nitrogen and oxygen atoms in total. The average Bonchev–Trinajstić information content (AvgIpc) is 3.17. The number of halogens is 1. The Morgan fingerprint density at radius 3 is 2.57 bits per heavy atom. The van der Waals surface area contributed by atoms with Crippen LogP contribution < -0.4 is 5.32 Å². The van der Waals surface area contributed by atoms with Crippen LogP contribution in [-0.2, 0) is 14.8 Å². The molecule has 0 saturated carbocycles. The zero-order valence-corrected chi connectivity index (χ0v) is 16.9. The third kappa shape index (κ3) is 4.66. The van der Waals surface area contributed by atoms with Gasteiger partial charge in [-0.15, -0.1) is 11.3 Å². The van der Waals surface area contributed by atoms with Crippen LogP contribution in [0.25, 0.3) is 0 Å². The highest BCUT2D eigenvalue weighted by Crippen LogP contribution is 2.20. The van der Waals surface area contributed by atoms with Crippen molar-refractivity contribution in [3.05, 3.63) is 41.2 Å². The molecule has 1 aliphatic heterocycles. The summed E-state index contributed by atoms with van der Waals surface area (Å²) in [5, 5.41) is 5.39. The number of amides is 1. The molecule has 1 amide bonds. The smallest absolute Gasteiger partial charge is 0.273 e. The van der Waals surface area contributed by atoms with Crippen LogP contribution in [0.4, 0.5) is 9.52 Å². The van der Waals surface area contributed by atoms with Gasteiger partial charge in [0.1, 0.15) is 11.5 Å². The van der Waals surface area contributed by atoms with Crippen LogP contribution >= 0.6 is 11.3 Å². The van der Waals surface area contributed by atoms with Crippen LogP contribution in [0.3, 0.4) is 0 Å². The van der Waals surface area contributed by atoms with Gasteiger partial charge in [-0.05, 0) is 24.3 Å². The molecule has 2 aromatic rings. The zero-order chi connectivity index (χ0) is 20.1. The van der Waals surface area contributed by atoms with E-state index >= 15 is 0 Å². The van der Waals surface area contributed by atoms with Crippen LogP contribution in [0.15, 0.2) is 34.5 Å². The Morgan fingerprint density at radius 2 is 1.93 bits per heavy atom. The zero-order valence-electron chi connectivity index (χ0n) is 15.3. The third-order valence-electron chi connectivity index (χ3n) is 4.28. The first-order valence-corrected chi connectivity index (χ1v) is 11.0. The largest absolute Gasteiger partial charge is 0.383 e. The predicted octanol–water partition coefficient (Wildman–Crippen LogP) is 1.49. The summed E-state index contributed by atoms with van der Waals surface area (Å²) < 4.78 is 44.6. The number of hydrogen-bond acceptors (Lipinski definition) is 7. The first-order chi connectivity index (χ1) is 13.4. The molecule has 0 unspecified atom stereocenters. The summed E-state index contributed by atoms with van der Waals surface area (Å²) in [6.45, 7) is 2.01. The second kappa shape index (κ2) is 8.95. The van der Waals surface area contributed by atoms with Crippen molar-refractivity contribution in [2.45, 2.75) is 4.90 Å². The number of methoxy groups -OCH3 is 1. The molecule has 0 spiro atoms. The minimum atomic E-state index is -3.71. The van der Waals surface area contributed by atoms with Crippen molar-refractivity contribution >= 4 is 32.4 Å². The second-order valence-electron chi connectivity index (χ2n) is 6.11. The Bertz CT molecular complexity index is 909. The summed E-state index contributed by atoms with van der Waals surface area (Å²) in [7, 11) is -2.10. The lowest BCUT2D eigenvalue weighted by Gasteiger charge is -2.33. The summed E-state index contributed by atoms with van der Waals surface area (Å²) in [6.07, 6.45) is 0. The molecule has 1 aromatic heterocycles. The van der Waals surface area contributed by atoms with Gasteiger partial charge in [0, 0.05) is 45.2 Å². The van der Waals surface area contributed by atoms with E-state index in [1.54, 1.807) is 17.4 Å². The number of carbonyl (C=O) groups excluding carboxylic acids is 1. The molecule has 1 aromatic carbocycles. The number of nitrogens with zero attached hydrogens (tertiary/aromatic N) is 3. The lowest BCUT2D eigenvalue weighted by Crippen LogP contribution is -2.50. The van der Waals surface area contributed by atoms with Crippen molar-refractivity contribution in [3.8, 4) is 0 Å². The normalized spacial score (nSPS) is 15.6. The summed E-state index contributed by atoms with van der Waals surface area (Å²) in [5.74, 6) is -0.719. The molecule has 28 heavy (non-hydrogen) atoms. The van der Waals surface area contributed by atoms with Crippen molar-refractivity contribution < 1.29 is 22.3 Å². The average molecular weight is 429 g/mol. The number of carbonyl (C=O) groups is 1. The standard InChI is InChI=1S/C17H21FN4O4S2/c1-26-11-6-19-17-20-15(12-27-17)16(23)21-7-9-22(10-8-21)28(24,25)14-4-2-13(18)3-5-14/h2-5,12H,6-11H2,1H3,(H,19,20). The van der Waals surface area contributed by atoms with E-state index in [1.807, 2.05) is 0 Å². The van der Waals surface area contributed by atoms with Crippen molar-refractivity contribution in [3.63, 3.8) is 0 Å². The molecule has 0 bridgehead atoms. The number of hydrogen-bond donors (Lipinski definition) is 1. The molecule has 1 aliphatic rings. The van der Waals surface area contributed by atoms with Crippen LogP contribution in [0.1, 0.15) is 10.5 Å². The van der Waals surface area contributed by atoms with Gasteiger partial charge < -0.3 is 15.0 Å². The van der Waals surface area contributed by atoms with E-state index in [4.69, 9.17) is 4.74 Å². The molecule has 1 fully saturated rings. The molecule has 3 rings (SSSR count). The maximum atomic E-state index is 13.0. The van der Waals surface area contributed by atoms with Crippen LogP contribution in [0.2, 0.25) is 0 Å². The fraction of sp³-hybridized carbons (Fsp3) is 0.412. The molecule has 1 N–H and O–H groups in total. The third-order valence-corrected chi connectivity index (χ3v) is 7.00. The van der Waals surface area contributed by atoms with Gasteiger partial charge in [-0.3, -0.25) is 4.79 Å². The first kappa shape index (κ1) is 20.6. The van der Waals surface area contributed by atoms with Gasteiger partial charge in [0.05, 0.1) is 11.5 Å². The number of rotatable bonds is 7. The number of benzene rings is 1. The molecule has 11 heteroatoms. The number of piperazine rings is 1. The van der Waals surface area contributed by atoms with E-state index in [0.29, 0.717) is 24.0 Å². The number of ether oxygens (including phenoxy) is 1. The van der Waals surface area contributed by atoms with Gasteiger partial charge in [0.15, 0.2) is 5.13 Å². The van der Waals surface area contributed by atoms with Gasteiger partial charge in [-0.2, -0.15) is 4.31 Å². The van der Waals surface area contributed by atoms with E-state index in [1.165, 1.54) is 27.8 Å². The lowest BCUT2D eigenvalue weighted by molar-refractivity contribution is 0.0693. The quantitative estimate of drug-likeness (QED) is 0.672. The Balaban J connectivity index is 1.59. The number of nitrogens with one attached hydrogen (secondary N) is 1. The van der Waals surface area contributed by atoms with E-state index in [9.17, 15) is 17.6 Å². The maximum absolute atomic E-state index is 13.0. The fourth-order valence-electron chi connectivity index (χ4n) is 2.76. The predicted molar refractivity (Wildman–Crippen MR) is 104 cm³/mol. The topological polar surface area (TPSA) is 91.8 Å². The van der Waals surface area contributed by atoms with Gasteiger partial charge >= 0.3 is 0 Å². The van der Waals surface area contributed by atoms with E-state index in [2.05, 4.69) is 10.3 Å². The van der Waals surface area contributed by atoms with E-state index in [-0.39, 0.29) is 37.0 Å². The van der Waals surface area contributed by atoms with Crippen molar-refractivity contribution in [2.75, 3.05) is 51.8 Å². The Morgan fingerprint density at radius 1 is 1.25 bits per heavy atom. The van der Waals surface area contributed by atoms with E-state index < -0.39 is 15.8 Å². The van der Waals surface area contributed by atoms with E-state index in [0.717, 1.165) is 12.1 Å². The minimum Gasteiger partial charge on any atom is -0.383 e. The molecule has 152 valence electrons. The van der Waals surface area contributed by atoms with Crippen molar-refractivity contribution in [1.82, 2.24) is 14.2 Å².